The summed E-state index contributed by atoms with van der Waals surface area (Å²) in [6, 6.07) is -0.981. The van der Waals surface area contributed by atoms with Gasteiger partial charge in [-0.1, -0.05) is 247 Å². The molecule has 0 radical (unpaired) electrons. The summed E-state index contributed by atoms with van der Waals surface area (Å²) in [5, 5.41) is 121. The number of amides is 1. The number of hydrogen-bond acceptors (Lipinski definition) is 18. The lowest BCUT2D eigenvalue weighted by molar-refractivity contribution is -0.379. The van der Waals surface area contributed by atoms with Crippen molar-refractivity contribution in [3.05, 3.63) is 85.1 Å². The third-order valence-corrected chi connectivity index (χ3v) is 17.4. The normalized spacial score (nSPS) is 28.2. The number of hydrogen-bond donors (Lipinski definition) is 12. The Morgan fingerprint density at radius 3 is 1.17 bits per heavy atom. The monoisotopic (exact) mass is 1310 g/mol. The van der Waals surface area contributed by atoms with E-state index in [4.69, 9.17) is 28.4 Å². The van der Waals surface area contributed by atoms with Crippen LogP contribution in [-0.2, 0) is 33.2 Å². The lowest BCUT2D eigenvalue weighted by atomic mass is 9.96. The van der Waals surface area contributed by atoms with Gasteiger partial charge in [-0.3, -0.25) is 4.79 Å². The second-order valence-electron chi connectivity index (χ2n) is 25.3. The maximum absolute atomic E-state index is 13.4. The third kappa shape index (κ3) is 35.3. The van der Waals surface area contributed by atoms with Gasteiger partial charge in [-0.2, -0.15) is 0 Å². The van der Waals surface area contributed by atoms with Gasteiger partial charge in [0.25, 0.3) is 0 Å². The Morgan fingerprint density at radius 2 is 0.750 bits per heavy atom. The highest BCUT2D eigenvalue weighted by molar-refractivity contribution is 5.76. The molecule has 0 aliphatic carbocycles. The summed E-state index contributed by atoms with van der Waals surface area (Å²) in [6.45, 7) is 1.62. The highest BCUT2D eigenvalue weighted by Gasteiger charge is 2.53. The molecule has 19 heteroatoms. The zero-order valence-corrected chi connectivity index (χ0v) is 56.3. The van der Waals surface area contributed by atoms with Crippen molar-refractivity contribution in [2.24, 2.45) is 0 Å². The zero-order valence-electron chi connectivity index (χ0n) is 56.3. The van der Waals surface area contributed by atoms with Crippen LogP contribution in [0.4, 0.5) is 0 Å². The fourth-order valence-electron chi connectivity index (χ4n) is 11.7. The van der Waals surface area contributed by atoms with Crippen molar-refractivity contribution < 1.29 is 89.4 Å². The van der Waals surface area contributed by atoms with Gasteiger partial charge in [-0.05, 0) is 70.6 Å². The van der Waals surface area contributed by atoms with Crippen molar-refractivity contribution in [2.45, 2.75) is 343 Å². The van der Waals surface area contributed by atoms with E-state index >= 15 is 0 Å². The molecule has 1 amide bonds. The molecule has 0 spiro atoms. The average molecular weight is 1310 g/mol. The van der Waals surface area contributed by atoms with E-state index in [1.165, 1.54) is 116 Å². The molecule has 0 saturated carbocycles. The van der Waals surface area contributed by atoms with E-state index in [0.717, 1.165) is 96.3 Å². The minimum absolute atomic E-state index is 0.233. The molecule has 3 fully saturated rings. The maximum atomic E-state index is 13.4. The Hall–Kier alpha value is -3.03. The van der Waals surface area contributed by atoms with Gasteiger partial charge in [0.1, 0.15) is 73.2 Å². The van der Waals surface area contributed by atoms with Crippen molar-refractivity contribution in [3.63, 3.8) is 0 Å². The maximum Gasteiger partial charge on any atom is 0.220 e. The molecule has 17 unspecified atom stereocenters. The summed E-state index contributed by atoms with van der Waals surface area (Å²) in [4.78, 5) is 13.4. The van der Waals surface area contributed by atoms with Gasteiger partial charge in [0.2, 0.25) is 5.91 Å². The van der Waals surface area contributed by atoms with Gasteiger partial charge in [-0.15, -0.1) is 0 Å². The van der Waals surface area contributed by atoms with Crippen molar-refractivity contribution in [1.29, 1.82) is 0 Å². The molecular weight excluding hydrogens is 1180 g/mol. The van der Waals surface area contributed by atoms with Crippen molar-refractivity contribution >= 4 is 5.91 Å². The van der Waals surface area contributed by atoms with Gasteiger partial charge in [0.15, 0.2) is 18.9 Å². The SMILES string of the molecule is CC/C=C\C/C=C\C/C=C\C/C=C\C/C=C\C/C=C\CCCCCCCCCCCCC(=O)NC(COC1OC(CO)C(OC2OC(CO)C(OC3OC(CO)C(O)C(O)C3O)C(O)C2O)C(O)C1O)C(O)/C=C/CCCCCCCCCCCCCCCCCC. The predicted molar refractivity (Wildman–Crippen MR) is 360 cm³/mol. The molecule has 0 aromatic carbocycles. The van der Waals surface area contributed by atoms with Crippen molar-refractivity contribution in [3.8, 4) is 0 Å². The van der Waals surface area contributed by atoms with Crippen LogP contribution >= 0.6 is 0 Å². The van der Waals surface area contributed by atoms with Crippen LogP contribution in [0.3, 0.4) is 0 Å². The van der Waals surface area contributed by atoms with Crippen LogP contribution in [0.15, 0.2) is 85.1 Å². The molecule has 0 bridgehead atoms. The minimum atomic E-state index is -1.98. The fourth-order valence-corrected chi connectivity index (χ4v) is 11.7. The molecule has 19 nitrogen and oxygen atoms in total. The zero-order chi connectivity index (χ0) is 66.8. The minimum Gasteiger partial charge on any atom is -0.394 e. The van der Waals surface area contributed by atoms with E-state index in [1.807, 2.05) is 6.08 Å². The smallest absolute Gasteiger partial charge is 0.220 e. The largest absolute Gasteiger partial charge is 0.394 e. The number of allylic oxidation sites excluding steroid dienone is 13. The summed E-state index contributed by atoms with van der Waals surface area (Å²) < 4.78 is 34.4. The Bertz CT molecular complexity index is 2000. The number of carbonyl (C=O) groups is 1. The van der Waals surface area contributed by atoms with Crippen LogP contribution < -0.4 is 5.32 Å². The Kier molecular flexibility index (Phi) is 48.9. The molecule has 92 heavy (non-hydrogen) atoms. The van der Waals surface area contributed by atoms with Gasteiger partial charge < -0.3 is 89.9 Å². The first kappa shape index (κ1) is 83.2. The van der Waals surface area contributed by atoms with E-state index in [9.17, 15) is 61.0 Å². The summed E-state index contributed by atoms with van der Waals surface area (Å²) in [5.41, 5.74) is 0. The summed E-state index contributed by atoms with van der Waals surface area (Å²) in [5.74, 6) is -0.282. The van der Waals surface area contributed by atoms with Crippen LogP contribution in [0.25, 0.3) is 0 Å². The van der Waals surface area contributed by atoms with E-state index in [1.54, 1.807) is 6.08 Å². The van der Waals surface area contributed by atoms with Gasteiger partial charge in [0.05, 0.1) is 38.6 Å². The molecule has 3 saturated heterocycles. The molecule has 532 valence electrons. The first-order chi connectivity index (χ1) is 44.8. The molecule has 17 atom stereocenters. The van der Waals surface area contributed by atoms with Crippen LogP contribution in [0.1, 0.15) is 239 Å². The Balaban J connectivity index is 1.42. The summed E-state index contributed by atoms with van der Waals surface area (Å²) in [7, 11) is 0. The number of nitrogens with one attached hydrogen (secondary N) is 1. The molecule has 12 N–H and O–H groups in total. The lowest BCUT2D eigenvalue weighted by Gasteiger charge is -2.48. The van der Waals surface area contributed by atoms with E-state index < -0.39 is 124 Å². The fraction of sp³-hybridized carbons (Fsp3) is 0.795. The number of aliphatic hydroxyl groups excluding tert-OH is 11. The molecule has 3 aliphatic heterocycles. The van der Waals surface area contributed by atoms with Gasteiger partial charge in [-0.25, -0.2) is 0 Å². The van der Waals surface area contributed by atoms with Gasteiger partial charge >= 0.3 is 0 Å². The Morgan fingerprint density at radius 1 is 0.402 bits per heavy atom. The van der Waals surface area contributed by atoms with E-state index in [-0.39, 0.29) is 18.9 Å². The highest BCUT2D eigenvalue weighted by Crippen LogP contribution is 2.33. The summed E-state index contributed by atoms with van der Waals surface area (Å²) in [6.07, 6.45) is 42.6. The quantitative estimate of drug-likeness (QED) is 0.0199. The van der Waals surface area contributed by atoms with Crippen molar-refractivity contribution in [1.82, 2.24) is 5.32 Å². The first-order valence-corrected chi connectivity index (χ1v) is 35.8. The van der Waals surface area contributed by atoms with E-state index in [0.29, 0.717) is 6.42 Å². The predicted octanol–water partition coefficient (Wildman–Crippen LogP) is 9.88. The second kappa shape index (κ2) is 54.0. The van der Waals surface area contributed by atoms with E-state index in [2.05, 4.69) is 92.1 Å². The topological polar surface area (TPSA) is 307 Å². The molecule has 3 heterocycles. The molecule has 0 aromatic heterocycles. The van der Waals surface area contributed by atoms with Crippen LogP contribution in [-0.4, -0.2) is 193 Å². The number of carbonyl (C=O) groups excluding carboxylic acids is 1. The molecule has 0 aromatic rings. The number of rotatable bonds is 54. The standard InChI is InChI=1S/C73H127NO18/c1-3-5-7-9-11-13-15-17-19-21-23-24-25-26-27-28-29-30-31-32-33-35-37-39-41-43-45-47-49-51-61(79)74-56(57(78)50-48-46-44-42-40-38-36-34-22-20-18-16-14-12-10-8-6-4-2)55-87-71-67(85)64(82)69(59(53-76)89-71)92-73-68(86)65(83)70(60(54-77)90-73)91-72-66(84)63(81)62(80)58(52-75)88-72/h5,7,11,13,17,19,23-24,26-27,29-30,48,50,56-60,62-73,75-78,80-86H,3-4,6,8-10,12,14-16,18,20-22,25,28,31-47,49,51-55H2,1-2H3,(H,74,79)/b7-5-,13-11-,19-17-,24-23-,27-26-,30-29-,50-48+. The number of unbranched alkanes of at least 4 members (excludes halogenated alkanes) is 26. The highest BCUT2D eigenvalue weighted by atomic mass is 16.8. The Labute approximate surface area is 552 Å². The average Bonchev–Trinajstić information content (AvgIpc) is 0.834. The number of ether oxygens (including phenoxy) is 6. The summed E-state index contributed by atoms with van der Waals surface area (Å²) >= 11 is 0. The van der Waals surface area contributed by atoms with Crippen molar-refractivity contribution in [2.75, 3.05) is 26.4 Å². The van der Waals surface area contributed by atoms with Crippen LogP contribution in [0.5, 0.6) is 0 Å². The molecule has 3 aliphatic rings. The second-order valence-corrected chi connectivity index (χ2v) is 25.3. The first-order valence-electron chi connectivity index (χ1n) is 35.8. The number of aliphatic hydroxyl groups is 11. The van der Waals surface area contributed by atoms with Crippen LogP contribution in [0.2, 0.25) is 0 Å². The molecule has 3 rings (SSSR count). The lowest BCUT2D eigenvalue weighted by Crippen LogP contribution is -2.66. The molecular formula is C73H127NO18. The van der Waals surface area contributed by atoms with Gasteiger partial charge in [0, 0.05) is 6.42 Å². The third-order valence-electron chi connectivity index (χ3n) is 17.4. The van der Waals surface area contributed by atoms with Crippen LogP contribution in [0, 0.1) is 0 Å².